The number of nitrogens with zero attached hydrogens (tertiary/aromatic N) is 4. The van der Waals surface area contributed by atoms with E-state index in [0.29, 0.717) is 34.1 Å². The summed E-state index contributed by atoms with van der Waals surface area (Å²) in [6.45, 7) is 0.310. The summed E-state index contributed by atoms with van der Waals surface area (Å²) < 4.78 is 5.17. The summed E-state index contributed by atoms with van der Waals surface area (Å²) in [5, 5.41) is 7.95. The first kappa shape index (κ1) is 13.8. The van der Waals surface area contributed by atoms with Crippen molar-refractivity contribution in [3.05, 3.63) is 52.7 Å². The molecule has 0 radical (unpaired) electrons. The van der Waals surface area contributed by atoms with E-state index in [9.17, 15) is 0 Å². The molecular weight excluding hydrogens is 313 g/mol. The molecule has 1 N–H and O–H groups in total. The Morgan fingerprint density at radius 2 is 2.14 bits per heavy atom. The van der Waals surface area contributed by atoms with E-state index in [-0.39, 0.29) is 0 Å². The smallest absolute Gasteiger partial charge is 0.246 e. The SMILES string of the molecule is Clc1cccc(-c2noc(CNc3ncncc3Cl)n2)c1. The molecule has 0 unspecified atom stereocenters. The molecule has 3 rings (SSSR count). The summed E-state index contributed by atoms with van der Waals surface area (Å²) in [5.74, 6) is 1.40. The van der Waals surface area contributed by atoms with Gasteiger partial charge in [-0.05, 0) is 12.1 Å². The molecule has 0 aliphatic carbocycles. The summed E-state index contributed by atoms with van der Waals surface area (Å²) in [5.41, 5.74) is 0.789. The molecular formula is C13H9Cl2N5O. The summed E-state index contributed by atoms with van der Waals surface area (Å²) in [6.07, 6.45) is 2.90. The summed E-state index contributed by atoms with van der Waals surface area (Å²) in [6, 6.07) is 7.23. The van der Waals surface area contributed by atoms with E-state index in [0.717, 1.165) is 5.56 Å². The Bertz CT molecular complexity index is 762. The van der Waals surface area contributed by atoms with Crippen molar-refractivity contribution in [2.75, 3.05) is 5.32 Å². The van der Waals surface area contributed by atoms with Gasteiger partial charge in [-0.3, -0.25) is 0 Å². The zero-order valence-electron chi connectivity index (χ0n) is 10.6. The van der Waals surface area contributed by atoms with Crippen LogP contribution in [-0.4, -0.2) is 20.1 Å². The Kier molecular flexibility index (Phi) is 3.98. The molecule has 2 heterocycles. The van der Waals surface area contributed by atoms with Gasteiger partial charge in [0.15, 0.2) is 0 Å². The summed E-state index contributed by atoms with van der Waals surface area (Å²) in [4.78, 5) is 12.1. The lowest BCUT2D eigenvalue weighted by molar-refractivity contribution is 0.384. The highest BCUT2D eigenvalue weighted by Gasteiger charge is 2.09. The molecule has 3 aromatic rings. The van der Waals surface area contributed by atoms with Crippen LogP contribution in [-0.2, 0) is 6.54 Å². The molecule has 0 aliphatic heterocycles. The van der Waals surface area contributed by atoms with Gasteiger partial charge in [-0.25, -0.2) is 9.97 Å². The minimum Gasteiger partial charge on any atom is -0.360 e. The van der Waals surface area contributed by atoms with Crippen molar-refractivity contribution in [2.24, 2.45) is 0 Å². The molecule has 0 bridgehead atoms. The Morgan fingerprint density at radius 1 is 1.24 bits per heavy atom. The van der Waals surface area contributed by atoms with Crippen LogP contribution in [0.15, 0.2) is 41.3 Å². The van der Waals surface area contributed by atoms with Gasteiger partial charge in [0, 0.05) is 10.6 Å². The molecule has 8 heteroatoms. The fraction of sp³-hybridized carbons (Fsp3) is 0.0769. The number of halogens is 2. The van der Waals surface area contributed by atoms with Crippen molar-refractivity contribution >= 4 is 29.0 Å². The predicted octanol–water partition coefficient (Wildman–Crippen LogP) is 3.45. The standard InChI is InChI=1S/C13H9Cl2N5O/c14-9-3-1-2-8(4-9)12-19-11(21-20-12)6-17-13-10(15)5-16-7-18-13/h1-5,7H,6H2,(H,16,17,18). The van der Waals surface area contributed by atoms with Gasteiger partial charge in [0.2, 0.25) is 11.7 Å². The van der Waals surface area contributed by atoms with Gasteiger partial charge in [0.1, 0.15) is 17.2 Å². The summed E-state index contributed by atoms with van der Waals surface area (Å²) in [7, 11) is 0. The van der Waals surface area contributed by atoms with Crippen LogP contribution in [0.25, 0.3) is 11.4 Å². The lowest BCUT2D eigenvalue weighted by atomic mass is 10.2. The summed E-state index contributed by atoms with van der Waals surface area (Å²) >= 11 is 11.9. The molecule has 0 amide bonds. The topological polar surface area (TPSA) is 76.7 Å². The number of aromatic nitrogens is 4. The maximum atomic E-state index is 5.94. The largest absolute Gasteiger partial charge is 0.360 e. The third kappa shape index (κ3) is 3.29. The second-order valence-electron chi connectivity index (χ2n) is 4.09. The van der Waals surface area contributed by atoms with E-state index < -0.39 is 0 Å². The molecule has 21 heavy (non-hydrogen) atoms. The van der Waals surface area contributed by atoms with Crippen LogP contribution in [0.4, 0.5) is 5.82 Å². The number of rotatable bonds is 4. The highest BCUT2D eigenvalue weighted by atomic mass is 35.5. The zero-order valence-corrected chi connectivity index (χ0v) is 12.1. The van der Waals surface area contributed by atoms with Crippen LogP contribution in [0, 0.1) is 0 Å². The Labute approximate surface area is 130 Å². The van der Waals surface area contributed by atoms with Crippen molar-refractivity contribution in [3.63, 3.8) is 0 Å². The van der Waals surface area contributed by atoms with E-state index in [1.165, 1.54) is 12.5 Å². The van der Waals surface area contributed by atoms with Crippen LogP contribution in [0.3, 0.4) is 0 Å². The molecule has 6 nitrogen and oxygen atoms in total. The Hall–Kier alpha value is -2.18. The molecule has 0 saturated heterocycles. The van der Waals surface area contributed by atoms with Gasteiger partial charge < -0.3 is 9.84 Å². The molecule has 0 atom stereocenters. The molecule has 0 fully saturated rings. The van der Waals surface area contributed by atoms with Gasteiger partial charge >= 0.3 is 0 Å². The molecule has 1 aromatic carbocycles. The third-order valence-electron chi connectivity index (χ3n) is 2.63. The zero-order chi connectivity index (χ0) is 14.7. The van der Waals surface area contributed by atoms with Crippen LogP contribution in [0.5, 0.6) is 0 Å². The van der Waals surface area contributed by atoms with Crippen molar-refractivity contribution in [3.8, 4) is 11.4 Å². The molecule has 106 valence electrons. The first-order chi connectivity index (χ1) is 10.2. The van der Waals surface area contributed by atoms with Gasteiger partial charge in [-0.15, -0.1) is 0 Å². The van der Waals surface area contributed by atoms with E-state index in [1.54, 1.807) is 12.1 Å². The predicted molar refractivity (Wildman–Crippen MR) is 79.1 cm³/mol. The minimum absolute atomic E-state index is 0.310. The monoisotopic (exact) mass is 321 g/mol. The average molecular weight is 322 g/mol. The lowest BCUT2D eigenvalue weighted by Crippen LogP contribution is -2.02. The second kappa shape index (κ2) is 6.07. The highest BCUT2D eigenvalue weighted by molar-refractivity contribution is 6.32. The normalized spacial score (nSPS) is 10.6. The van der Waals surface area contributed by atoms with Crippen LogP contribution in [0.1, 0.15) is 5.89 Å². The van der Waals surface area contributed by atoms with E-state index in [4.69, 9.17) is 27.7 Å². The number of hydrogen-bond donors (Lipinski definition) is 1. The van der Waals surface area contributed by atoms with E-state index >= 15 is 0 Å². The molecule has 2 aromatic heterocycles. The first-order valence-electron chi connectivity index (χ1n) is 6.00. The highest BCUT2D eigenvalue weighted by Crippen LogP contribution is 2.21. The number of hydrogen-bond acceptors (Lipinski definition) is 6. The first-order valence-corrected chi connectivity index (χ1v) is 6.76. The Balaban J connectivity index is 1.72. The number of nitrogens with one attached hydrogen (secondary N) is 1. The van der Waals surface area contributed by atoms with Crippen LogP contribution >= 0.6 is 23.2 Å². The van der Waals surface area contributed by atoms with Gasteiger partial charge in [0.25, 0.3) is 0 Å². The van der Waals surface area contributed by atoms with Gasteiger partial charge in [-0.1, -0.05) is 40.5 Å². The van der Waals surface area contributed by atoms with E-state index in [1.807, 2.05) is 12.1 Å². The van der Waals surface area contributed by atoms with Crippen LogP contribution in [0.2, 0.25) is 10.0 Å². The van der Waals surface area contributed by atoms with Crippen molar-refractivity contribution in [2.45, 2.75) is 6.54 Å². The Morgan fingerprint density at radius 3 is 2.95 bits per heavy atom. The third-order valence-corrected chi connectivity index (χ3v) is 3.14. The molecule has 0 saturated carbocycles. The van der Waals surface area contributed by atoms with Crippen LogP contribution < -0.4 is 5.32 Å². The van der Waals surface area contributed by atoms with Crippen molar-refractivity contribution in [1.29, 1.82) is 0 Å². The number of benzene rings is 1. The second-order valence-corrected chi connectivity index (χ2v) is 4.94. The lowest BCUT2D eigenvalue weighted by Gasteiger charge is -2.02. The maximum Gasteiger partial charge on any atom is 0.246 e. The van der Waals surface area contributed by atoms with Gasteiger partial charge in [-0.2, -0.15) is 4.98 Å². The number of anilines is 1. The molecule has 0 spiro atoms. The average Bonchev–Trinajstić information content (AvgIpc) is 2.95. The fourth-order valence-electron chi connectivity index (χ4n) is 1.67. The van der Waals surface area contributed by atoms with Crippen molar-refractivity contribution < 1.29 is 4.52 Å². The van der Waals surface area contributed by atoms with E-state index in [2.05, 4.69) is 25.4 Å². The maximum absolute atomic E-state index is 5.94. The van der Waals surface area contributed by atoms with Gasteiger partial charge in [0.05, 0.1) is 12.7 Å². The fourth-order valence-corrected chi connectivity index (χ4v) is 2.04. The minimum atomic E-state index is 0.310. The quantitative estimate of drug-likeness (QED) is 0.793. The van der Waals surface area contributed by atoms with Crippen molar-refractivity contribution in [1.82, 2.24) is 20.1 Å². The molecule has 0 aliphatic rings.